The summed E-state index contributed by atoms with van der Waals surface area (Å²) in [6.07, 6.45) is 6.57. The van der Waals surface area contributed by atoms with E-state index in [0.717, 1.165) is 36.3 Å². The lowest BCUT2D eigenvalue weighted by atomic mass is 10.1. The number of aromatic nitrogens is 3. The second-order valence-electron chi connectivity index (χ2n) is 7.15. The van der Waals surface area contributed by atoms with Gasteiger partial charge in [0.05, 0.1) is 27.6 Å². The molecule has 1 aliphatic rings. The van der Waals surface area contributed by atoms with Gasteiger partial charge in [-0.15, -0.1) is 0 Å². The van der Waals surface area contributed by atoms with Crippen LogP contribution in [0, 0.1) is 0 Å². The van der Waals surface area contributed by atoms with Gasteiger partial charge in [-0.05, 0) is 37.8 Å². The van der Waals surface area contributed by atoms with Crippen LogP contribution in [0.15, 0.2) is 36.9 Å². The van der Waals surface area contributed by atoms with Crippen LogP contribution in [0.1, 0.15) is 25.7 Å². The number of rotatable bonds is 6. The van der Waals surface area contributed by atoms with Gasteiger partial charge in [0.25, 0.3) is 0 Å². The Bertz CT molecular complexity index is 1040. The number of aliphatic hydroxyl groups excluding tert-OH is 1. The number of hydrogen-bond donors (Lipinski definition) is 2. The molecule has 1 fully saturated rings. The summed E-state index contributed by atoms with van der Waals surface area (Å²) in [5, 5.41) is 20.3. The summed E-state index contributed by atoms with van der Waals surface area (Å²) in [6.45, 7) is 0.799. The molecule has 152 valence electrons. The zero-order valence-corrected chi connectivity index (χ0v) is 17.0. The number of carbonyl (C=O) groups is 1. The molecule has 1 saturated heterocycles. The predicted octanol–water partition coefficient (Wildman–Crippen LogP) is 3.92. The van der Waals surface area contributed by atoms with Gasteiger partial charge in [0.15, 0.2) is 6.10 Å². The zero-order chi connectivity index (χ0) is 20.5. The highest BCUT2D eigenvalue weighted by atomic mass is 35.5. The SMILES string of the molecule is O=C(O)C(O)CCC1CCCN1c1cc(-n2ccnc2)c2ccc(Cl)c(Cl)c2n1. The molecule has 0 saturated carbocycles. The standard InChI is InChI=1S/C20H20Cl2N4O3/c21-14-5-4-13-15(25-9-7-23-11-25)10-17(24-19(13)18(14)22)26-8-1-2-12(26)3-6-16(27)20(28)29/h4-5,7,9-12,16,27H,1-3,6,8H2,(H,28,29). The van der Waals surface area contributed by atoms with E-state index in [-0.39, 0.29) is 12.5 Å². The third-order valence-electron chi connectivity index (χ3n) is 5.35. The number of anilines is 1. The maximum absolute atomic E-state index is 10.9. The largest absolute Gasteiger partial charge is 0.479 e. The molecule has 2 N–H and O–H groups in total. The quantitative estimate of drug-likeness (QED) is 0.610. The first-order chi connectivity index (χ1) is 14.0. The van der Waals surface area contributed by atoms with Gasteiger partial charge in [-0.2, -0.15) is 0 Å². The molecular formula is C20H20Cl2N4O3. The van der Waals surface area contributed by atoms with Crippen molar-refractivity contribution in [2.45, 2.75) is 37.8 Å². The molecule has 29 heavy (non-hydrogen) atoms. The molecule has 1 aliphatic heterocycles. The van der Waals surface area contributed by atoms with E-state index < -0.39 is 12.1 Å². The van der Waals surface area contributed by atoms with E-state index >= 15 is 0 Å². The number of carboxylic acids is 1. The number of imidazole rings is 1. The molecule has 1 aromatic carbocycles. The van der Waals surface area contributed by atoms with E-state index in [2.05, 4.69) is 9.88 Å². The number of nitrogens with zero attached hydrogens (tertiary/aromatic N) is 4. The molecule has 3 heterocycles. The number of hydrogen-bond acceptors (Lipinski definition) is 5. The molecule has 0 spiro atoms. The predicted molar refractivity (Wildman–Crippen MR) is 112 cm³/mol. The third-order valence-corrected chi connectivity index (χ3v) is 6.14. The van der Waals surface area contributed by atoms with Crippen LogP contribution in [-0.2, 0) is 4.79 Å². The summed E-state index contributed by atoms with van der Waals surface area (Å²) >= 11 is 12.7. The highest BCUT2D eigenvalue weighted by Crippen LogP contribution is 2.36. The lowest BCUT2D eigenvalue weighted by molar-refractivity contribution is -0.147. The number of aliphatic carboxylic acids is 1. The molecule has 0 radical (unpaired) electrons. The van der Waals surface area contributed by atoms with Crippen molar-refractivity contribution in [2.75, 3.05) is 11.4 Å². The van der Waals surface area contributed by atoms with Crippen LogP contribution in [0.2, 0.25) is 10.0 Å². The van der Waals surface area contributed by atoms with Gasteiger partial charge < -0.3 is 19.7 Å². The van der Waals surface area contributed by atoms with Gasteiger partial charge in [-0.3, -0.25) is 0 Å². The van der Waals surface area contributed by atoms with E-state index in [1.165, 1.54) is 0 Å². The molecule has 2 unspecified atom stereocenters. The van der Waals surface area contributed by atoms with E-state index in [0.29, 0.717) is 22.0 Å². The van der Waals surface area contributed by atoms with Crippen LogP contribution in [0.4, 0.5) is 5.82 Å². The smallest absolute Gasteiger partial charge is 0.332 e. The molecule has 2 aromatic heterocycles. The van der Waals surface area contributed by atoms with Crippen LogP contribution in [0.5, 0.6) is 0 Å². The lowest BCUT2D eigenvalue weighted by Gasteiger charge is -2.27. The van der Waals surface area contributed by atoms with E-state index in [9.17, 15) is 9.90 Å². The van der Waals surface area contributed by atoms with Gasteiger partial charge in [0.1, 0.15) is 5.82 Å². The Balaban J connectivity index is 1.75. The van der Waals surface area contributed by atoms with Gasteiger partial charge >= 0.3 is 5.97 Å². The van der Waals surface area contributed by atoms with E-state index in [1.54, 1.807) is 18.6 Å². The van der Waals surface area contributed by atoms with Gasteiger partial charge in [-0.1, -0.05) is 23.2 Å². The average Bonchev–Trinajstić information content (AvgIpc) is 3.40. The average molecular weight is 435 g/mol. The Hall–Kier alpha value is -2.35. The molecule has 4 rings (SSSR count). The van der Waals surface area contributed by atoms with Gasteiger partial charge in [-0.25, -0.2) is 14.8 Å². The maximum atomic E-state index is 10.9. The van der Waals surface area contributed by atoms with E-state index in [1.807, 2.05) is 22.9 Å². The van der Waals surface area contributed by atoms with Crippen molar-refractivity contribution in [2.24, 2.45) is 0 Å². The molecule has 9 heteroatoms. The summed E-state index contributed by atoms with van der Waals surface area (Å²) in [5.74, 6) is -0.445. The molecular weight excluding hydrogens is 415 g/mol. The second-order valence-corrected chi connectivity index (χ2v) is 7.93. The van der Waals surface area contributed by atoms with Gasteiger partial charge in [0.2, 0.25) is 0 Å². The fourth-order valence-electron chi connectivity index (χ4n) is 3.88. The Kier molecular flexibility index (Phi) is 5.63. The molecule has 0 amide bonds. The summed E-state index contributed by atoms with van der Waals surface area (Å²) in [4.78, 5) is 22.0. The second kappa shape index (κ2) is 8.18. The van der Waals surface area contributed by atoms with Crippen molar-refractivity contribution in [1.29, 1.82) is 0 Å². The first-order valence-corrected chi connectivity index (χ1v) is 10.2. The Morgan fingerprint density at radius 3 is 2.90 bits per heavy atom. The Labute approximate surface area is 177 Å². The number of aliphatic hydroxyl groups is 1. The summed E-state index contributed by atoms with van der Waals surface area (Å²) < 4.78 is 1.90. The Morgan fingerprint density at radius 2 is 2.17 bits per heavy atom. The zero-order valence-electron chi connectivity index (χ0n) is 15.5. The van der Waals surface area contributed by atoms with Crippen molar-refractivity contribution in [1.82, 2.24) is 14.5 Å². The highest BCUT2D eigenvalue weighted by Gasteiger charge is 2.28. The van der Waals surface area contributed by atoms with Crippen molar-refractivity contribution in [3.05, 3.63) is 47.0 Å². The van der Waals surface area contributed by atoms with Crippen molar-refractivity contribution in [3.8, 4) is 5.69 Å². The highest BCUT2D eigenvalue weighted by molar-refractivity contribution is 6.45. The van der Waals surface area contributed by atoms with Crippen molar-refractivity contribution < 1.29 is 15.0 Å². The minimum Gasteiger partial charge on any atom is -0.479 e. The van der Waals surface area contributed by atoms with Crippen LogP contribution < -0.4 is 4.90 Å². The molecule has 0 bridgehead atoms. The summed E-state index contributed by atoms with van der Waals surface area (Å²) in [6, 6.07) is 5.73. The Morgan fingerprint density at radius 1 is 1.34 bits per heavy atom. The minimum absolute atomic E-state index is 0.0996. The normalized spacial score (nSPS) is 17.8. The number of halogens is 2. The molecule has 2 atom stereocenters. The van der Waals surface area contributed by atoms with Crippen molar-refractivity contribution in [3.63, 3.8) is 0 Å². The number of fused-ring (bicyclic) bond motifs is 1. The lowest BCUT2D eigenvalue weighted by Crippen LogP contribution is -2.32. The van der Waals surface area contributed by atoms with Crippen LogP contribution in [0.3, 0.4) is 0 Å². The first kappa shape index (κ1) is 19.9. The molecule has 0 aliphatic carbocycles. The third kappa shape index (κ3) is 3.90. The molecule has 3 aromatic rings. The summed E-state index contributed by atoms with van der Waals surface area (Å²) in [7, 11) is 0. The van der Waals surface area contributed by atoms with Crippen molar-refractivity contribution >= 4 is 45.9 Å². The van der Waals surface area contributed by atoms with Crippen LogP contribution in [-0.4, -0.2) is 49.4 Å². The summed E-state index contributed by atoms with van der Waals surface area (Å²) in [5.41, 5.74) is 1.49. The fourth-order valence-corrected chi connectivity index (χ4v) is 4.24. The minimum atomic E-state index is -1.35. The first-order valence-electron chi connectivity index (χ1n) is 9.40. The van der Waals surface area contributed by atoms with Crippen LogP contribution in [0.25, 0.3) is 16.6 Å². The topological polar surface area (TPSA) is 91.5 Å². The number of pyridine rings is 1. The van der Waals surface area contributed by atoms with Crippen LogP contribution >= 0.6 is 23.2 Å². The monoisotopic (exact) mass is 434 g/mol. The van der Waals surface area contributed by atoms with E-state index in [4.69, 9.17) is 33.3 Å². The van der Waals surface area contributed by atoms with Gasteiger partial charge in [0, 0.05) is 36.4 Å². The number of benzene rings is 1. The number of carboxylic acid groups (broad SMARTS) is 1. The maximum Gasteiger partial charge on any atom is 0.332 e. The fraction of sp³-hybridized carbons (Fsp3) is 0.350. The molecule has 7 nitrogen and oxygen atoms in total.